The highest BCUT2D eigenvalue weighted by Gasteiger charge is 2.34. The van der Waals surface area contributed by atoms with Gasteiger partial charge >= 0.3 is 0 Å². The Hall–Kier alpha value is -1.58. The molecule has 0 radical (unpaired) electrons. The van der Waals surface area contributed by atoms with Crippen molar-refractivity contribution in [2.45, 2.75) is 6.04 Å². The standard InChI is InChI=1S/C14H18F2N2O4S/c1-18(2)23(20,21)8-9-6-22-7-12(9)17-14(19)10-4-3-5-11(15)13(10)16/h3-5,9,12H,6-8H2,1-2H3,(H,17,19)/t9-,12-/m0/s1. The fourth-order valence-electron chi connectivity index (χ4n) is 2.27. The van der Waals surface area contributed by atoms with Crippen molar-refractivity contribution in [1.29, 1.82) is 0 Å². The first-order chi connectivity index (χ1) is 10.7. The second-order valence-corrected chi connectivity index (χ2v) is 7.77. The Kier molecular flexibility index (Phi) is 5.33. The first-order valence-electron chi connectivity index (χ1n) is 6.95. The highest BCUT2D eigenvalue weighted by atomic mass is 32.2. The van der Waals surface area contributed by atoms with E-state index in [0.29, 0.717) is 0 Å². The number of carbonyl (C=O) groups excluding carboxylic acids is 1. The fraction of sp³-hybridized carbons (Fsp3) is 0.500. The average molecular weight is 348 g/mol. The Labute approximate surface area is 133 Å². The van der Waals surface area contributed by atoms with Crippen molar-refractivity contribution in [1.82, 2.24) is 9.62 Å². The lowest BCUT2D eigenvalue weighted by Crippen LogP contribution is -2.43. The van der Waals surface area contributed by atoms with Crippen LogP contribution < -0.4 is 5.32 Å². The lowest BCUT2D eigenvalue weighted by atomic mass is 10.1. The molecule has 1 fully saturated rings. The third-order valence-corrected chi connectivity index (χ3v) is 5.65. The van der Waals surface area contributed by atoms with E-state index < -0.39 is 45.1 Å². The molecular weight excluding hydrogens is 330 g/mol. The molecule has 1 aromatic carbocycles. The van der Waals surface area contributed by atoms with Crippen LogP contribution in [0.25, 0.3) is 0 Å². The summed E-state index contributed by atoms with van der Waals surface area (Å²) in [6, 6.07) is 2.72. The highest BCUT2D eigenvalue weighted by Crippen LogP contribution is 2.19. The minimum atomic E-state index is -3.46. The molecule has 0 saturated carbocycles. The molecule has 1 N–H and O–H groups in total. The molecule has 1 amide bonds. The Balaban J connectivity index is 2.09. The van der Waals surface area contributed by atoms with Gasteiger partial charge in [-0.25, -0.2) is 21.5 Å². The summed E-state index contributed by atoms with van der Waals surface area (Å²) in [4.78, 5) is 12.1. The van der Waals surface area contributed by atoms with Crippen molar-refractivity contribution < 1.29 is 26.7 Å². The first kappa shape index (κ1) is 17.8. The van der Waals surface area contributed by atoms with Crippen LogP contribution in [0.15, 0.2) is 18.2 Å². The van der Waals surface area contributed by atoms with E-state index in [1.165, 1.54) is 20.2 Å². The molecule has 1 aliphatic rings. The van der Waals surface area contributed by atoms with Crippen LogP contribution in [-0.4, -0.2) is 57.7 Å². The lowest BCUT2D eigenvalue weighted by molar-refractivity contribution is 0.0921. The Morgan fingerprint density at radius 2 is 2.04 bits per heavy atom. The molecule has 1 aliphatic heterocycles. The molecule has 6 nitrogen and oxygen atoms in total. The highest BCUT2D eigenvalue weighted by molar-refractivity contribution is 7.89. The zero-order valence-corrected chi connectivity index (χ0v) is 13.6. The van der Waals surface area contributed by atoms with Crippen molar-refractivity contribution in [2.24, 2.45) is 5.92 Å². The summed E-state index contributed by atoms with van der Waals surface area (Å²) in [6.45, 7) is 0.292. The molecule has 1 heterocycles. The van der Waals surface area contributed by atoms with Crippen molar-refractivity contribution >= 4 is 15.9 Å². The summed E-state index contributed by atoms with van der Waals surface area (Å²) in [5.74, 6) is -3.81. The normalized spacial score (nSPS) is 21.6. The van der Waals surface area contributed by atoms with Crippen LogP contribution >= 0.6 is 0 Å². The smallest absolute Gasteiger partial charge is 0.254 e. The van der Waals surface area contributed by atoms with Gasteiger partial charge in [-0.2, -0.15) is 0 Å². The van der Waals surface area contributed by atoms with Crippen LogP contribution in [0.5, 0.6) is 0 Å². The average Bonchev–Trinajstić information content (AvgIpc) is 2.88. The van der Waals surface area contributed by atoms with Gasteiger partial charge < -0.3 is 10.1 Å². The molecular formula is C14H18F2N2O4S. The third kappa shape index (κ3) is 4.04. The monoisotopic (exact) mass is 348 g/mol. The van der Waals surface area contributed by atoms with E-state index in [0.717, 1.165) is 16.4 Å². The van der Waals surface area contributed by atoms with Gasteiger partial charge in [0.25, 0.3) is 5.91 Å². The lowest BCUT2D eigenvalue weighted by Gasteiger charge is -2.21. The molecule has 1 saturated heterocycles. The molecule has 128 valence electrons. The van der Waals surface area contributed by atoms with Crippen LogP contribution in [-0.2, 0) is 14.8 Å². The van der Waals surface area contributed by atoms with Gasteiger partial charge in [0.05, 0.1) is 30.6 Å². The summed E-state index contributed by atoms with van der Waals surface area (Å²) in [5.41, 5.74) is -0.425. The van der Waals surface area contributed by atoms with E-state index in [9.17, 15) is 22.0 Å². The summed E-state index contributed by atoms with van der Waals surface area (Å²) in [7, 11) is -0.627. The third-order valence-electron chi connectivity index (χ3n) is 3.69. The number of nitrogens with one attached hydrogen (secondary N) is 1. The van der Waals surface area contributed by atoms with E-state index in [1.807, 2.05) is 0 Å². The second-order valence-electron chi connectivity index (χ2n) is 5.54. The van der Waals surface area contributed by atoms with Gasteiger partial charge in [0.15, 0.2) is 11.6 Å². The van der Waals surface area contributed by atoms with Gasteiger partial charge in [-0.1, -0.05) is 6.07 Å². The maximum Gasteiger partial charge on any atom is 0.254 e. The maximum atomic E-state index is 13.6. The molecule has 2 atom stereocenters. The number of sulfonamides is 1. The molecule has 2 rings (SSSR count). The van der Waals surface area contributed by atoms with E-state index in [2.05, 4.69) is 5.32 Å². The Bertz CT molecular complexity index is 694. The van der Waals surface area contributed by atoms with E-state index in [-0.39, 0.29) is 19.0 Å². The van der Waals surface area contributed by atoms with Gasteiger partial charge in [0.1, 0.15) is 0 Å². The number of hydrogen-bond acceptors (Lipinski definition) is 4. The van der Waals surface area contributed by atoms with Gasteiger partial charge in [-0.05, 0) is 12.1 Å². The number of hydrogen-bond donors (Lipinski definition) is 1. The van der Waals surface area contributed by atoms with Gasteiger partial charge in [0, 0.05) is 20.0 Å². The molecule has 23 heavy (non-hydrogen) atoms. The van der Waals surface area contributed by atoms with Gasteiger partial charge in [0.2, 0.25) is 10.0 Å². The molecule has 9 heteroatoms. The first-order valence-corrected chi connectivity index (χ1v) is 8.56. The second kappa shape index (κ2) is 6.90. The summed E-state index contributed by atoms with van der Waals surface area (Å²) < 4.78 is 57.0. The quantitative estimate of drug-likeness (QED) is 0.846. The van der Waals surface area contributed by atoms with Crippen LogP contribution in [0.1, 0.15) is 10.4 Å². The van der Waals surface area contributed by atoms with Crippen LogP contribution in [0.2, 0.25) is 0 Å². The molecule has 0 bridgehead atoms. The topological polar surface area (TPSA) is 75.7 Å². The van der Waals surface area contributed by atoms with Crippen LogP contribution in [0, 0.1) is 17.6 Å². The van der Waals surface area contributed by atoms with Gasteiger partial charge in [-0.3, -0.25) is 4.79 Å². The van der Waals surface area contributed by atoms with Gasteiger partial charge in [-0.15, -0.1) is 0 Å². The number of nitrogens with zero attached hydrogens (tertiary/aromatic N) is 1. The molecule has 0 spiro atoms. The van der Waals surface area contributed by atoms with E-state index in [1.54, 1.807) is 0 Å². The van der Waals surface area contributed by atoms with Crippen molar-refractivity contribution in [3.8, 4) is 0 Å². The van der Waals surface area contributed by atoms with E-state index >= 15 is 0 Å². The number of halogens is 2. The predicted molar refractivity (Wildman–Crippen MR) is 79.4 cm³/mol. The zero-order chi connectivity index (χ0) is 17.2. The van der Waals surface area contributed by atoms with Crippen molar-refractivity contribution in [3.05, 3.63) is 35.4 Å². The summed E-state index contributed by atoms with van der Waals surface area (Å²) in [5, 5.41) is 2.52. The van der Waals surface area contributed by atoms with Crippen molar-refractivity contribution in [2.75, 3.05) is 33.1 Å². The number of benzene rings is 1. The predicted octanol–water partition coefficient (Wildman–Crippen LogP) is 0.601. The molecule has 1 aromatic rings. The number of amides is 1. The number of carbonyl (C=O) groups is 1. The molecule has 0 aliphatic carbocycles. The Morgan fingerprint density at radius 1 is 1.35 bits per heavy atom. The minimum absolute atomic E-state index is 0.121. The summed E-state index contributed by atoms with van der Waals surface area (Å²) in [6.07, 6.45) is 0. The maximum absolute atomic E-state index is 13.6. The fourth-order valence-corrected chi connectivity index (χ4v) is 3.44. The largest absolute Gasteiger partial charge is 0.379 e. The SMILES string of the molecule is CN(C)S(=O)(=O)C[C@@H]1COC[C@@H]1NC(=O)c1cccc(F)c1F. The van der Waals surface area contributed by atoms with E-state index in [4.69, 9.17) is 4.74 Å². The number of ether oxygens (including phenoxy) is 1. The molecule has 0 aromatic heterocycles. The van der Waals surface area contributed by atoms with Crippen LogP contribution in [0.4, 0.5) is 8.78 Å². The Morgan fingerprint density at radius 3 is 2.70 bits per heavy atom. The number of rotatable bonds is 5. The zero-order valence-electron chi connectivity index (χ0n) is 12.8. The minimum Gasteiger partial charge on any atom is -0.379 e. The summed E-state index contributed by atoms with van der Waals surface area (Å²) >= 11 is 0. The molecule has 0 unspecified atom stereocenters. The van der Waals surface area contributed by atoms with Crippen LogP contribution in [0.3, 0.4) is 0 Å². The van der Waals surface area contributed by atoms with Crippen molar-refractivity contribution in [3.63, 3.8) is 0 Å².